The smallest absolute Gasteiger partial charge is 0.188 e. The first-order valence-electron chi connectivity index (χ1n) is 8.46. The summed E-state index contributed by atoms with van der Waals surface area (Å²) in [4.78, 5) is 0. The zero-order valence-electron chi connectivity index (χ0n) is 14.7. The molecule has 118 valence electrons. The van der Waals surface area contributed by atoms with Crippen LogP contribution in [0.25, 0.3) is 0 Å². The highest BCUT2D eigenvalue weighted by Crippen LogP contribution is 2.49. The topological polar surface area (TPSA) is 28.7 Å². The van der Waals surface area contributed by atoms with Crippen molar-refractivity contribution in [1.82, 2.24) is 4.57 Å². The third-order valence-electron chi connectivity index (χ3n) is 6.09. The molecule has 1 rings (SSSR count). The number of nitriles is 1. The molecule has 0 fully saturated rings. The normalized spacial score (nSPS) is 14.0. The molecule has 0 aliphatic rings. The van der Waals surface area contributed by atoms with Gasteiger partial charge in [0.1, 0.15) is 0 Å². The van der Waals surface area contributed by atoms with Gasteiger partial charge in [-0.2, -0.15) is 5.26 Å². The minimum Gasteiger partial charge on any atom is -0.262 e. The van der Waals surface area contributed by atoms with Crippen molar-refractivity contribution < 1.29 is 0 Å². The van der Waals surface area contributed by atoms with Crippen molar-refractivity contribution in [3.05, 3.63) is 24.0 Å². The van der Waals surface area contributed by atoms with Crippen LogP contribution in [0.15, 0.2) is 18.5 Å². The minimum atomic E-state index is 0.299. The lowest BCUT2D eigenvalue weighted by Gasteiger charge is -2.41. The van der Waals surface area contributed by atoms with Gasteiger partial charge in [0.05, 0.1) is 0 Å². The van der Waals surface area contributed by atoms with Gasteiger partial charge in [-0.15, -0.1) is 0 Å². The summed E-state index contributed by atoms with van der Waals surface area (Å²) in [5, 5.41) is 9.09. The molecule has 1 aromatic rings. The molecular weight excluding hydrogens is 256 g/mol. The van der Waals surface area contributed by atoms with Crippen LogP contribution in [0.3, 0.4) is 0 Å². The Balaban J connectivity index is 3.20. The van der Waals surface area contributed by atoms with Gasteiger partial charge >= 0.3 is 0 Å². The summed E-state index contributed by atoms with van der Waals surface area (Å²) in [5.41, 5.74) is 2.01. The van der Waals surface area contributed by atoms with Crippen molar-refractivity contribution >= 4 is 0 Å². The van der Waals surface area contributed by atoms with Crippen LogP contribution in [0.4, 0.5) is 0 Å². The SMILES string of the molecule is CCC(C)(CC)CC(c1ccn(C#N)c1)C(C)(CC)CC. The van der Waals surface area contributed by atoms with E-state index in [1.54, 1.807) is 4.57 Å². The van der Waals surface area contributed by atoms with Crippen LogP contribution in [0.5, 0.6) is 0 Å². The fourth-order valence-corrected chi connectivity index (χ4v) is 3.22. The Bertz CT molecular complexity index is 470. The zero-order valence-corrected chi connectivity index (χ0v) is 14.7. The molecule has 0 saturated carbocycles. The van der Waals surface area contributed by atoms with Gasteiger partial charge in [0, 0.05) is 12.4 Å². The molecule has 0 aliphatic heterocycles. The van der Waals surface area contributed by atoms with Crippen LogP contribution in [-0.4, -0.2) is 4.57 Å². The van der Waals surface area contributed by atoms with E-state index >= 15 is 0 Å². The number of rotatable bonds is 8. The van der Waals surface area contributed by atoms with Crippen LogP contribution >= 0.6 is 0 Å². The number of aromatic nitrogens is 1. The molecule has 21 heavy (non-hydrogen) atoms. The quantitative estimate of drug-likeness (QED) is 0.581. The monoisotopic (exact) mass is 288 g/mol. The van der Waals surface area contributed by atoms with Gasteiger partial charge in [0.2, 0.25) is 0 Å². The predicted octanol–water partition coefficient (Wildman–Crippen LogP) is 5.94. The van der Waals surface area contributed by atoms with Crippen LogP contribution in [-0.2, 0) is 0 Å². The van der Waals surface area contributed by atoms with Crippen molar-refractivity contribution in [3.8, 4) is 6.19 Å². The molecule has 1 unspecified atom stereocenters. The van der Waals surface area contributed by atoms with Crippen molar-refractivity contribution in [2.24, 2.45) is 10.8 Å². The molecular formula is C19H32N2. The third kappa shape index (κ3) is 3.90. The molecule has 0 N–H and O–H groups in total. The molecule has 0 aromatic carbocycles. The Morgan fingerprint density at radius 1 is 1.10 bits per heavy atom. The summed E-state index contributed by atoms with van der Waals surface area (Å²) in [6.07, 6.45) is 12.1. The van der Waals surface area contributed by atoms with Crippen LogP contribution in [0.1, 0.15) is 85.1 Å². The first-order chi connectivity index (χ1) is 9.87. The maximum atomic E-state index is 9.09. The Kier molecular flexibility index (Phi) is 6.08. The summed E-state index contributed by atoms with van der Waals surface area (Å²) in [6.45, 7) is 14.0. The Morgan fingerprint density at radius 2 is 1.67 bits per heavy atom. The molecule has 2 nitrogen and oxygen atoms in total. The van der Waals surface area contributed by atoms with Crippen LogP contribution in [0.2, 0.25) is 0 Å². The molecule has 0 saturated heterocycles. The predicted molar refractivity (Wildman–Crippen MR) is 90.2 cm³/mol. The Hall–Kier alpha value is -1.23. The lowest BCUT2D eigenvalue weighted by atomic mass is 9.63. The fourth-order valence-electron chi connectivity index (χ4n) is 3.22. The number of hydrogen-bond acceptors (Lipinski definition) is 1. The summed E-state index contributed by atoms with van der Waals surface area (Å²) >= 11 is 0. The van der Waals surface area contributed by atoms with Gasteiger partial charge in [0.15, 0.2) is 6.19 Å². The van der Waals surface area contributed by atoms with Gasteiger partial charge in [-0.1, -0.05) is 67.2 Å². The average Bonchev–Trinajstić information content (AvgIpc) is 3.00. The van der Waals surface area contributed by atoms with E-state index < -0.39 is 0 Å². The molecule has 0 spiro atoms. The number of hydrogen-bond donors (Lipinski definition) is 0. The third-order valence-corrected chi connectivity index (χ3v) is 6.09. The second-order valence-corrected chi connectivity index (χ2v) is 7.09. The van der Waals surface area contributed by atoms with Gasteiger partial charge < -0.3 is 0 Å². The second-order valence-electron chi connectivity index (χ2n) is 7.09. The lowest BCUT2D eigenvalue weighted by Crippen LogP contribution is -2.29. The van der Waals surface area contributed by atoms with E-state index in [4.69, 9.17) is 5.26 Å². The Morgan fingerprint density at radius 3 is 2.05 bits per heavy atom. The van der Waals surface area contributed by atoms with Gasteiger partial charge in [-0.25, -0.2) is 0 Å². The highest BCUT2D eigenvalue weighted by molar-refractivity contribution is 5.22. The average molecular weight is 288 g/mol. The zero-order chi connectivity index (χ0) is 16.1. The van der Waals surface area contributed by atoms with Gasteiger partial charge in [-0.05, 0) is 34.8 Å². The fraction of sp³-hybridized carbons (Fsp3) is 0.737. The van der Waals surface area contributed by atoms with Gasteiger partial charge in [-0.3, -0.25) is 4.57 Å². The first kappa shape index (κ1) is 17.8. The minimum absolute atomic E-state index is 0.299. The van der Waals surface area contributed by atoms with Crippen molar-refractivity contribution in [1.29, 1.82) is 5.26 Å². The summed E-state index contributed by atoms with van der Waals surface area (Å²) in [6, 6.07) is 2.14. The van der Waals surface area contributed by atoms with Crippen molar-refractivity contribution in [3.63, 3.8) is 0 Å². The highest BCUT2D eigenvalue weighted by atomic mass is 14.9. The van der Waals surface area contributed by atoms with E-state index in [1.807, 2.05) is 12.4 Å². The maximum Gasteiger partial charge on any atom is 0.188 e. The molecule has 2 heteroatoms. The lowest BCUT2D eigenvalue weighted by molar-refractivity contribution is 0.150. The summed E-state index contributed by atoms with van der Waals surface area (Å²) in [7, 11) is 0. The Labute approximate surface area is 131 Å². The highest BCUT2D eigenvalue weighted by Gasteiger charge is 2.37. The van der Waals surface area contributed by atoms with E-state index in [1.165, 1.54) is 37.7 Å². The molecule has 0 bridgehead atoms. The maximum absolute atomic E-state index is 9.09. The van der Waals surface area contributed by atoms with E-state index in [0.29, 0.717) is 16.7 Å². The summed E-state index contributed by atoms with van der Waals surface area (Å²) < 4.78 is 1.63. The molecule has 0 aliphatic carbocycles. The summed E-state index contributed by atoms with van der Waals surface area (Å²) in [5.74, 6) is 0.520. The van der Waals surface area contributed by atoms with Crippen LogP contribution < -0.4 is 0 Å². The largest absolute Gasteiger partial charge is 0.262 e. The van der Waals surface area contributed by atoms with Crippen LogP contribution in [0, 0.1) is 22.3 Å². The molecule has 1 heterocycles. The molecule has 0 radical (unpaired) electrons. The number of nitrogens with zero attached hydrogens (tertiary/aromatic N) is 2. The molecule has 1 aromatic heterocycles. The second kappa shape index (κ2) is 7.16. The van der Waals surface area contributed by atoms with E-state index in [9.17, 15) is 0 Å². The van der Waals surface area contributed by atoms with E-state index in [0.717, 1.165) is 0 Å². The van der Waals surface area contributed by atoms with Crippen molar-refractivity contribution in [2.45, 2.75) is 79.6 Å². The van der Waals surface area contributed by atoms with Crippen molar-refractivity contribution in [2.75, 3.05) is 0 Å². The molecule has 1 atom stereocenters. The standard InChI is InChI=1S/C19H32N2/c1-7-18(5,8-2)13-17(19(6,9-3)10-4)16-11-12-21(14-16)15-20/h11-12,14,17H,7-10,13H2,1-6H3. The molecule has 0 amide bonds. The van der Waals surface area contributed by atoms with Gasteiger partial charge in [0.25, 0.3) is 0 Å². The van der Waals surface area contributed by atoms with E-state index in [-0.39, 0.29) is 0 Å². The first-order valence-corrected chi connectivity index (χ1v) is 8.46. The van der Waals surface area contributed by atoms with E-state index in [2.05, 4.69) is 53.8 Å².